The van der Waals surface area contributed by atoms with Crippen LogP contribution in [0.1, 0.15) is 31.7 Å². The SMILES string of the molecule is Cc1cc(CN(C)C(=O)[C@@H](CC(C)C)NS(C)(=O)=O)no1. The van der Waals surface area contributed by atoms with Crippen LogP contribution in [0.4, 0.5) is 0 Å². The molecular weight excluding hydrogens is 294 g/mol. The average Bonchev–Trinajstić information content (AvgIpc) is 2.70. The van der Waals surface area contributed by atoms with E-state index >= 15 is 0 Å². The molecule has 0 radical (unpaired) electrons. The van der Waals surface area contributed by atoms with Gasteiger partial charge in [0.15, 0.2) is 0 Å². The predicted molar refractivity (Wildman–Crippen MR) is 78.9 cm³/mol. The number of aromatic nitrogens is 1. The second kappa shape index (κ2) is 7.04. The Kier molecular flexibility index (Phi) is 5.91. The van der Waals surface area contributed by atoms with E-state index in [1.54, 1.807) is 20.0 Å². The van der Waals surface area contributed by atoms with Gasteiger partial charge in [0.1, 0.15) is 17.5 Å². The van der Waals surface area contributed by atoms with Gasteiger partial charge in [0.25, 0.3) is 0 Å². The molecule has 1 atom stereocenters. The van der Waals surface area contributed by atoms with E-state index in [4.69, 9.17) is 4.52 Å². The summed E-state index contributed by atoms with van der Waals surface area (Å²) in [5, 5.41) is 3.83. The third-order valence-electron chi connectivity index (χ3n) is 2.81. The fraction of sp³-hybridized carbons (Fsp3) is 0.692. The number of sulfonamides is 1. The van der Waals surface area contributed by atoms with Crippen LogP contribution in [-0.2, 0) is 21.4 Å². The fourth-order valence-corrected chi connectivity index (χ4v) is 2.72. The zero-order valence-electron chi connectivity index (χ0n) is 13.1. The Bertz CT molecular complexity index is 580. The summed E-state index contributed by atoms with van der Waals surface area (Å²) in [6.07, 6.45) is 1.49. The van der Waals surface area contributed by atoms with Gasteiger partial charge in [-0.2, -0.15) is 0 Å². The molecule has 1 amide bonds. The van der Waals surface area contributed by atoms with Gasteiger partial charge in [-0.25, -0.2) is 13.1 Å². The van der Waals surface area contributed by atoms with E-state index in [0.717, 1.165) is 6.26 Å². The van der Waals surface area contributed by atoms with Crippen LogP contribution in [0.2, 0.25) is 0 Å². The molecule has 0 aliphatic heterocycles. The average molecular weight is 317 g/mol. The Labute approximate surface area is 125 Å². The number of likely N-dealkylation sites (N-methyl/N-ethyl adjacent to an activating group) is 1. The summed E-state index contributed by atoms with van der Waals surface area (Å²) in [4.78, 5) is 13.9. The molecule has 1 heterocycles. The van der Waals surface area contributed by atoms with Gasteiger partial charge >= 0.3 is 0 Å². The second-order valence-corrected chi connectivity index (χ2v) is 7.48. The highest BCUT2D eigenvalue weighted by molar-refractivity contribution is 7.88. The van der Waals surface area contributed by atoms with Crippen LogP contribution in [0.5, 0.6) is 0 Å². The van der Waals surface area contributed by atoms with Crippen molar-refractivity contribution in [3.8, 4) is 0 Å². The first-order valence-corrected chi connectivity index (χ1v) is 8.62. The zero-order chi connectivity index (χ0) is 16.2. The lowest BCUT2D eigenvalue weighted by Crippen LogP contribution is -2.47. The second-order valence-electron chi connectivity index (χ2n) is 5.70. The van der Waals surface area contributed by atoms with E-state index < -0.39 is 16.1 Å². The lowest BCUT2D eigenvalue weighted by atomic mass is 10.0. The molecule has 1 N–H and O–H groups in total. The van der Waals surface area contributed by atoms with E-state index in [-0.39, 0.29) is 18.4 Å². The molecule has 0 unspecified atom stereocenters. The maximum absolute atomic E-state index is 12.4. The summed E-state index contributed by atoms with van der Waals surface area (Å²) in [6, 6.07) is 0.976. The van der Waals surface area contributed by atoms with E-state index in [2.05, 4.69) is 9.88 Å². The van der Waals surface area contributed by atoms with E-state index in [0.29, 0.717) is 17.9 Å². The third-order valence-corrected chi connectivity index (χ3v) is 3.53. The molecule has 0 aliphatic carbocycles. The molecule has 0 saturated carbocycles. The van der Waals surface area contributed by atoms with Crippen LogP contribution in [-0.4, -0.2) is 43.7 Å². The number of rotatable bonds is 7. The standard InChI is InChI=1S/C13H23N3O4S/c1-9(2)6-12(15-21(5,18)19)13(17)16(4)8-11-7-10(3)20-14-11/h7,9,12,15H,6,8H2,1-5H3/t12-/m1/s1. The van der Waals surface area contributed by atoms with Crippen molar-refractivity contribution in [2.24, 2.45) is 5.92 Å². The quantitative estimate of drug-likeness (QED) is 0.807. The van der Waals surface area contributed by atoms with Gasteiger partial charge in [-0.1, -0.05) is 19.0 Å². The van der Waals surface area contributed by atoms with Crippen molar-refractivity contribution < 1.29 is 17.7 Å². The molecule has 0 aliphatic rings. The molecule has 0 aromatic carbocycles. The van der Waals surface area contributed by atoms with Crippen molar-refractivity contribution in [3.63, 3.8) is 0 Å². The first-order valence-electron chi connectivity index (χ1n) is 6.73. The van der Waals surface area contributed by atoms with Crippen molar-refractivity contribution >= 4 is 15.9 Å². The summed E-state index contributed by atoms with van der Waals surface area (Å²) in [7, 11) is -1.83. The van der Waals surface area contributed by atoms with Crippen molar-refractivity contribution in [2.75, 3.05) is 13.3 Å². The van der Waals surface area contributed by atoms with Crippen molar-refractivity contribution in [1.29, 1.82) is 0 Å². The van der Waals surface area contributed by atoms with Crippen LogP contribution < -0.4 is 4.72 Å². The molecule has 0 spiro atoms. The molecule has 120 valence electrons. The Morgan fingerprint density at radius 3 is 2.52 bits per heavy atom. The largest absolute Gasteiger partial charge is 0.361 e. The molecule has 7 nitrogen and oxygen atoms in total. The number of nitrogens with one attached hydrogen (secondary N) is 1. The smallest absolute Gasteiger partial charge is 0.240 e. The summed E-state index contributed by atoms with van der Waals surface area (Å²) in [6.45, 7) is 5.91. The highest BCUT2D eigenvalue weighted by atomic mass is 32.2. The predicted octanol–water partition coefficient (Wildman–Crippen LogP) is 0.905. The molecule has 8 heteroatoms. The lowest BCUT2D eigenvalue weighted by molar-refractivity contribution is -0.132. The van der Waals surface area contributed by atoms with E-state index in [1.165, 1.54) is 4.90 Å². The monoisotopic (exact) mass is 317 g/mol. The van der Waals surface area contributed by atoms with E-state index in [1.807, 2.05) is 13.8 Å². The fourth-order valence-electron chi connectivity index (χ4n) is 2.01. The molecule has 0 fully saturated rings. The van der Waals surface area contributed by atoms with E-state index in [9.17, 15) is 13.2 Å². The topological polar surface area (TPSA) is 92.5 Å². The number of carbonyl (C=O) groups is 1. The highest BCUT2D eigenvalue weighted by Crippen LogP contribution is 2.11. The molecule has 1 rings (SSSR count). The Morgan fingerprint density at radius 2 is 2.10 bits per heavy atom. The summed E-state index contributed by atoms with van der Waals surface area (Å²) < 4.78 is 30.2. The molecule has 0 bridgehead atoms. The Morgan fingerprint density at radius 1 is 1.48 bits per heavy atom. The van der Waals surface area contributed by atoms with Gasteiger partial charge in [-0.15, -0.1) is 0 Å². The molecule has 1 aromatic heterocycles. The van der Waals surface area contributed by atoms with Crippen LogP contribution in [0.25, 0.3) is 0 Å². The third kappa shape index (κ3) is 6.26. The van der Waals surface area contributed by atoms with Gasteiger partial charge in [0, 0.05) is 13.1 Å². The first-order chi connectivity index (χ1) is 9.58. The number of hydrogen-bond acceptors (Lipinski definition) is 5. The minimum Gasteiger partial charge on any atom is -0.361 e. The van der Waals surface area contributed by atoms with Gasteiger partial charge < -0.3 is 9.42 Å². The maximum atomic E-state index is 12.4. The Hall–Kier alpha value is -1.41. The van der Waals surface area contributed by atoms with Crippen molar-refractivity contribution in [2.45, 2.75) is 39.8 Å². The number of nitrogens with zero attached hydrogens (tertiary/aromatic N) is 2. The number of hydrogen-bond donors (Lipinski definition) is 1. The zero-order valence-corrected chi connectivity index (χ0v) is 13.9. The lowest BCUT2D eigenvalue weighted by Gasteiger charge is -2.24. The van der Waals surface area contributed by atoms with Gasteiger partial charge in [-0.05, 0) is 19.3 Å². The highest BCUT2D eigenvalue weighted by Gasteiger charge is 2.26. The maximum Gasteiger partial charge on any atom is 0.240 e. The number of amides is 1. The number of carbonyl (C=O) groups excluding carboxylic acids is 1. The molecule has 0 saturated heterocycles. The van der Waals surface area contributed by atoms with Crippen LogP contribution in [0.15, 0.2) is 10.6 Å². The van der Waals surface area contributed by atoms with Gasteiger partial charge in [-0.3, -0.25) is 4.79 Å². The van der Waals surface area contributed by atoms with Crippen LogP contribution in [0.3, 0.4) is 0 Å². The summed E-state index contributed by atoms with van der Waals surface area (Å²) in [5.41, 5.74) is 0.631. The van der Waals surface area contributed by atoms with Crippen LogP contribution >= 0.6 is 0 Å². The van der Waals surface area contributed by atoms with Gasteiger partial charge in [0.05, 0.1) is 12.8 Å². The van der Waals surface area contributed by atoms with Crippen LogP contribution in [0, 0.1) is 12.8 Å². The minimum absolute atomic E-state index is 0.191. The molecule has 1 aromatic rings. The molecule has 21 heavy (non-hydrogen) atoms. The normalized spacial score (nSPS) is 13.4. The van der Waals surface area contributed by atoms with Crippen molar-refractivity contribution in [3.05, 3.63) is 17.5 Å². The first kappa shape index (κ1) is 17.6. The summed E-state index contributed by atoms with van der Waals surface area (Å²) >= 11 is 0. The number of aryl methyl sites for hydroxylation is 1. The van der Waals surface area contributed by atoms with Crippen molar-refractivity contribution in [1.82, 2.24) is 14.8 Å². The Balaban J connectivity index is 2.78. The summed E-state index contributed by atoms with van der Waals surface area (Å²) in [5.74, 6) is 0.574. The molecular formula is C13H23N3O4S. The minimum atomic E-state index is -3.45. The van der Waals surface area contributed by atoms with Gasteiger partial charge in [0.2, 0.25) is 15.9 Å².